The number of hydrogen-bond donors (Lipinski definition) is 2. The van der Waals surface area contributed by atoms with Gasteiger partial charge in [-0.1, -0.05) is 13.0 Å². The van der Waals surface area contributed by atoms with E-state index in [4.69, 9.17) is 0 Å². The molecule has 0 aliphatic rings. The van der Waals surface area contributed by atoms with Gasteiger partial charge < -0.3 is 5.32 Å². The summed E-state index contributed by atoms with van der Waals surface area (Å²) in [6, 6.07) is 11.1. The zero-order valence-electron chi connectivity index (χ0n) is 19.6. The number of carbonyl (C=O) groups is 1. The minimum atomic E-state index is -3.61. The molecule has 35 heavy (non-hydrogen) atoms. The Morgan fingerprint density at radius 1 is 1.20 bits per heavy atom. The number of carbonyl (C=O) groups excluding carboxylic acids is 1. The Hall–Kier alpha value is -3.61. The molecule has 12 heteroatoms. The number of aryl methyl sites for hydroxylation is 1. The zero-order chi connectivity index (χ0) is 25.3. The number of sulfonamides is 1. The maximum atomic E-state index is 13.0. The van der Waals surface area contributed by atoms with Crippen LogP contribution in [0.5, 0.6) is 0 Å². The van der Waals surface area contributed by atoms with Crippen molar-refractivity contribution in [1.82, 2.24) is 24.1 Å². The first-order chi connectivity index (χ1) is 16.6. The fraction of sp³-hybridized carbons (Fsp3) is 0.217. The van der Waals surface area contributed by atoms with E-state index in [1.165, 1.54) is 54.4 Å². The normalized spacial score (nSPS) is 11.7. The molecule has 0 saturated heterocycles. The van der Waals surface area contributed by atoms with Crippen molar-refractivity contribution in [2.24, 2.45) is 0 Å². The van der Waals surface area contributed by atoms with Crippen molar-refractivity contribution in [3.8, 4) is 16.5 Å². The molecule has 3 aromatic heterocycles. The monoisotopic (exact) mass is 512 g/mol. The number of nitrogens with one attached hydrogen (secondary N) is 2. The third-order valence-corrected chi connectivity index (χ3v) is 8.11. The lowest BCUT2D eigenvalue weighted by molar-refractivity contribution is 0.102. The van der Waals surface area contributed by atoms with E-state index in [0.717, 1.165) is 9.18 Å². The number of H-pyrrole nitrogens is 1. The van der Waals surface area contributed by atoms with Crippen LogP contribution in [0.15, 0.2) is 57.5 Å². The number of anilines is 1. The molecule has 4 rings (SSSR count). The maximum Gasteiger partial charge on any atom is 0.256 e. The van der Waals surface area contributed by atoms with Gasteiger partial charge in [-0.25, -0.2) is 17.7 Å². The van der Waals surface area contributed by atoms with Crippen molar-refractivity contribution < 1.29 is 13.2 Å². The first-order valence-corrected chi connectivity index (χ1v) is 13.0. The molecule has 2 N–H and O–H groups in total. The second-order valence-corrected chi connectivity index (χ2v) is 11.0. The van der Waals surface area contributed by atoms with Crippen LogP contribution in [-0.2, 0) is 16.4 Å². The van der Waals surface area contributed by atoms with Crippen LogP contribution in [-0.4, -0.2) is 52.5 Å². The quantitative estimate of drug-likeness (QED) is 0.391. The molecular weight excluding hydrogens is 488 g/mol. The van der Waals surface area contributed by atoms with E-state index in [0.29, 0.717) is 29.2 Å². The van der Waals surface area contributed by atoms with E-state index in [9.17, 15) is 18.0 Å². The number of aromatic nitrogens is 4. The molecule has 182 valence electrons. The molecule has 3 heterocycles. The molecule has 0 saturated carbocycles. The van der Waals surface area contributed by atoms with Crippen molar-refractivity contribution in [2.75, 3.05) is 19.4 Å². The van der Waals surface area contributed by atoms with E-state index < -0.39 is 15.9 Å². The number of aromatic amines is 1. The second-order valence-electron chi connectivity index (χ2n) is 7.88. The molecule has 4 aromatic rings. The summed E-state index contributed by atoms with van der Waals surface area (Å²) in [6.45, 7) is 3.63. The lowest BCUT2D eigenvalue weighted by Crippen LogP contribution is -2.23. The van der Waals surface area contributed by atoms with Gasteiger partial charge in [-0.2, -0.15) is 9.78 Å². The third-order valence-electron chi connectivity index (χ3n) is 5.38. The van der Waals surface area contributed by atoms with E-state index >= 15 is 0 Å². The van der Waals surface area contributed by atoms with Gasteiger partial charge in [-0.3, -0.25) is 14.6 Å². The molecule has 0 radical (unpaired) electrons. The first-order valence-electron chi connectivity index (χ1n) is 10.7. The Morgan fingerprint density at radius 3 is 2.49 bits per heavy atom. The largest absolute Gasteiger partial charge is 0.306 e. The topological polar surface area (TPSA) is 130 Å². The SMILES string of the molecule is CCc1c(C)nc(-n2nc(-c3cccs3)cc2NC(=O)c2ccc(S(=O)(=O)N(C)C)cc2)[nH]c1=O. The molecule has 0 unspecified atom stereocenters. The number of thiophene rings is 1. The predicted octanol–water partition coefficient (Wildman–Crippen LogP) is 3.06. The fourth-order valence-corrected chi connectivity index (χ4v) is 5.05. The fourth-order valence-electron chi connectivity index (χ4n) is 3.47. The Balaban J connectivity index is 1.72. The highest BCUT2D eigenvalue weighted by atomic mass is 32.2. The van der Waals surface area contributed by atoms with Gasteiger partial charge in [0.1, 0.15) is 11.5 Å². The molecule has 1 amide bonds. The first kappa shape index (κ1) is 24.5. The van der Waals surface area contributed by atoms with Crippen molar-refractivity contribution in [3.63, 3.8) is 0 Å². The number of nitrogens with zero attached hydrogens (tertiary/aromatic N) is 4. The number of hydrogen-bond acceptors (Lipinski definition) is 7. The van der Waals surface area contributed by atoms with Crippen LogP contribution in [0.25, 0.3) is 16.5 Å². The molecule has 0 fully saturated rings. The number of benzene rings is 1. The molecule has 0 aliphatic carbocycles. The molecule has 0 aliphatic heterocycles. The summed E-state index contributed by atoms with van der Waals surface area (Å²) in [5.41, 5.74) is 1.75. The molecule has 0 spiro atoms. The summed E-state index contributed by atoms with van der Waals surface area (Å²) in [5.74, 6) is 0.00680. The van der Waals surface area contributed by atoms with Crippen LogP contribution in [0.2, 0.25) is 0 Å². The molecule has 10 nitrogen and oxygen atoms in total. The van der Waals surface area contributed by atoms with Crippen molar-refractivity contribution in [1.29, 1.82) is 0 Å². The van der Waals surface area contributed by atoms with Gasteiger partial charge in [0.25, 0.3) is 11.5 Å². The highest BCUT2D eigenvalue weighted by Gasteiger charge is 2.20. The standard InChI is InChI=1S/C23H24N6O4S2/c1-5-17-14(2)24-23(26-22(17)31)29-20(13-18(27-29)19-7-6-12-34-19)25-21(30)15-8-10-16(11-9-15)35(32,33)28(3)4/h6-13H,5H2,1-4H3,(H,25,30)(H,24,26,31). The maximum absolute atomic E-state index is 13.0. The van der Waals surface area contributed by atoms with Gasteiger partial charge in [0.15, 0.2) is 0 Å². The van der Waals surface area contributed by atoms with Crippen molar-refractivity contribution in [2.45, 2.75) is 25.2 Å². The average Bonchev–Trinajstić information content (AvgIpc) is 3.49. The summed E-state index contributed by atoms with van der Waals surface area (Å²) in [4.78, 5) is 33.8. The Bertz CT molecular complexity index is 1540. The molecule has 0 atom stereocenters. The van der Waals surface area contributed by atoms with E-state index in [1.807, 2.05) is 24.4 Å². The van der Waals surface area contributed by atoms with E-state index in [1.54, 1.807) is 13.0 Å². The van der Waals surface area contributed by atoms with Crippen molar-refractivity contribution in [3.05, 3.63) is 75.0 Å². The predicted molar refractivity (Wildman–Crippen MR) is 135 cm³/mol. The van der Waals surface area contributed by atoms with Crippen LogP contribution in [0, 0.1) is 6.92 Å². The van der Waals surface area contributed by atoms with Crippen LogP contribution in [0.4, 0.5) is 5.82 Å². The van der Waals surface area contributed by atoms with E-state index in [-0.39, 0.29) is 22.0 Å². The summed E-state index contributed by atoms with van der Waals surface area (Å²) >= 11 is 1.49. The number of rotatable bonds is 7. The molecule has 0 bridgehead atoms. The summed E-state index contributed by atoms with van der Waals surface area (Å²) in [6.07, 6.45) is 0.539. The Kier molecular flexibility index (Phi) is 6.70. The summed E-state index contributed by atoms with van der Waals surface area (Å²) in [7, 11) is -0.730. The third kappa shape index (κ3) is 4.81. The Labute approximate surface area is 206 Å². The summed E-state index contributed by atoms with van der Waals surface area (Å²) in [5, 5.41) is 9.28. The van der Waals surface area contributed by atoms with Gasteiger partial charge in [-0.15, -0.1) is 11.3 Å². The van der Waals surface area contributed by atoms with Crippen LogP contribution in [0.3, 0.4) is 0 Å². The molecule has 1 aromatic carbocycles. The van der Waals surface area contributed by atoms with Crippen LogP contribution < -0.4 is 10.9 Å². The summed E-state index contributed by atoms with van der Waals surface area (Å²) < 4.78 is 27.1. The molecular formula is C23H24N6O4S2. The van der Waals surface area contributed by atoms with Gasteiger partial charge in [-0.05, 0) is 49.1 Å². The lowest BCUT2D eigenvalue weighted by atomic mass is 10.2. The minimum Gasteiger partial charge on any atom is -0.306 e. The van der Waals surface area contributed by atoms with Gasteiger partial charge in [0, 0.05) is 37.0 Å². The van der Waals surface area contributed by atoms with E-state index in [2.05, 4.69) is 20.4 Å². The number of amides is 1. The second kappa shape index (κ2) is 9.56. The lowest BCUT2D eigenvalue weighted by Gasteiger charge is -2.12. The van der Waals surface area contributed by atoms with Gasteiger partial charge in [0.2, 0.25) is 16.0 Å². The zero-order valence-corrected chi connectivity index (χ0v) is 21.2. The smallest absolute Gasteiger partial charge is 0.256 e. The van der Waals surface area contributed by atoms with Gasteiger partial charge >= 0.3 is 0 Å². The Morgan fingerprint density at radius 2 is 1.91 bits per heavy atom. The highest BCUT2D eigenvalue weighted by molar-refractivity contribution is 7.89. The van der Waals surface area contributed by atoms with Crippen LogP contribution in [0.1, 0.15) is 28.5 Å². The highest BCUT2D eigenvalue weighted by Crippen LogP contribution is 2.27. The minimum absolute atomic E-state index is 0.0809. The average molecular weight is 513 g/mol. The van der Waals surface area contributed by atoms with Crippen molar-refractivity contribution >= 4 is 33.1 Å². The van der Waals surface area contributed by atoms with Crippen LogP contribution >= 0.6 is 11.3 Å². The van der Waals surface area contributed by atoms with Gasteiger partial charge in [0.05, 0.1) is 9.77 Å².